The van der Waals surface area contributed by atoms with Crippen LogP contribution in [0.25, 0.3) is 0 Å². The van der Waals surface area contributed by atoms with Crippen molar-refractivity contribution in [3.63, 3.8) is 0 Å². The quantitative estimate of drug-likeness (QED) is 0.583. The summed E-state index contributed by atoms with van der Waals surface area (Å²) in [6, 6.07) is 3.63. The summed E-state index contributed by atoms with van der Waals surface area (Å²) in [5.41, 5.74) is 0.939. The van der Waals surface area contributed by atoms with Crippen molar-refractivity contribution in [1.29, 1.82) is 0 Å². The van der Waals surface area contributed by atoms with Crippen molar-refractivity contribution in [1.82, 2.24) is 10.3 Å². The normalized spacial score (nSPS) is 12.4. The molecule has 1 N–H and O–H groups in total. The van der Waals surface area contributed by atoms with Gasteiger partial charge in [0.05, 0.1) is 4.92 Å². The maximum Gasteiger partial charge on any atom is 0.287 e. The van der Waals surface area contributed by atoms with E-state index in [1.807, 2.05) is 0 Å². The second-order valence-electron chi connectivity index (χ2n) is 4.03. The molecule has 5 nitrogen and oxygen atoms in total. The number of nitrogens with zero attached hydrogens (tertiary/aromatic N) is 2. The first kappa shape index (κ1) is 13.6. The second-order valence-corrected chi connectivity index (χ2v) is 4.03. The molecule has 0 radical (unpaired) electrons. The molecule has 1 unspecified atom stereocenters. The summed E-state index contributed by atoms with van der Waals surface area (Å²) in [5.74, 6) is 0. The van der Waals surface area contributed by atoms with Crippen LogP contribution in [0.1, 0.15) is 32.4 Å². The van der Waals surface area contributed by atoms with Crippen molar-refractivity contribution in [2.75, 3.05) is 6.54 Å². The molecule has 1 heterocycles. The maximum absolute atomic E-state index is 10.5. The Kier molecular flexibility index (Phi) is 5.56. The molecular weight excluding hydrogens is 218 g/mol. The van der Waals surface area contributed by atoms with Gasteiger partial charge < -0.3 is 5.32 Å². The van der Waals surface area contributed by atoms with Gasteiger partial charge in [0.1, 0.15) is 6.20 Å². The zero-order chi connectivity index (χ0) is 12.7. The Labute approximate surface area is 101 Å². The molecule has 0 saturated heterocycles. The minimum atomic E-state index is -0.427. The van der Waals surface area contributed by atoms with Crippen LogP contribution in [0.15, 0.2) is 18.3 Å². The highest BCUT2D eigenvalue weighted by Crippen LogP contribution is 2.10. The fourth-order valence-corrected chi connectivity index (χ4v) is 1.61. The molecule has 0 aliphatic rings. The molecule has 1 rings (SSSR count). The van der Waals surface area contributed by atoms with Crippen molar-refractivity contribution in [3.8, 4) is 0 Å². The van der Waals surface area contributed by atoms with Gasteiger partial charge in [-0.1, -0.05) is 13.8 Å². The Hall–Kier alpha value is -1.49. The number of rotatable bonds is 7. The van der Waals surface area contributed by atoms with Crippen molar-refractivity contribution in [3.05, 3.63) is 34.1 Å². The van der Waals surface area contributed by atoms with E-state index >= 15 is 0 Å². The molecule has 94 valence electrons. The molecule has 0 aliphatic carbocycles. The fraction of sp³-hybridized carbons (Fsp3) is 0.583. The lowest BCUT2D eigenvalue weighted by Crippen LogP contribution is -2.31. The lowest BCUT2D eigenvalue weighted by Gasteiger charge is -2.15. The number of aromatic nitrogens is 1. The third-order valence-corrected chi connectivity index (χ3v) is 2.65. The van der Waals surface area contributed by atoms with Gasteiger partial charge >= 0.3 is 0 Å². The first-order valence-corrected chi connectivity index (χ1v) is 6.00. The first-order valence-electron chi connectivity index (χ1n) is 6.00. The molecule has 1 aromatic rings. The summed E-state index contributed by atoms with van der Waals surface area (Å²) in [6.07, 6.45) is 4.26. The lowest BCUT2D eigenvalue weighted by molar-refractivity contribution is -0.385. The molecule has 17 heavy (non-hydrogen) atoms. The molecule has 0 spiro atoms. The third-order valence-electron chi connectivity index (χ3n) is 2.65. The van der Waals surface area contributed by atoms with Gasteiger partial charge in [-0.15, -0.1) is 0 Å². The molecule has 0 saturated carbocycles. The van der Waals surface area contributed by atoms with Crippen molar-refractivity contribution in [2.24, 2.45) is 0 Å². The Morgan fingerprint density at radius 3 is 2.71 bits per heavy atom. The summed E-state index contributed by atoms with van der Waals surface area (Å²) in [7, 11) is 0. The van der Waals surface area contributed by atoms with Gasteiger partial charge in [0.15, 0.2) is 0 Å². The topological polar surface area (TPSA) is 68.1 Å². The van der Waals surface area contributed by atoms with Crippen molar-refractivity contribution < 1.29 is 4.92 Å². The molecule has 0 bridgehead atoms. The fourth-order valence-electron chi connectivity index (χ4n) is 1.61. The van der Waals surface area contributed by atoms with E-state index < -0.39 is 4.92 Å². The summed E-state index contributed by atoms with van der Waals surface area (Å²) in [6.45, 7) is 5.24. The minimum Gasteiger partial charge on any atom is -0.314 e. The molecule has 5 heteroatoms. The van der Waals surface area contributed by atoms with Crippen LogP contribution in [-0.2, 0) is 6.42 Å². The summed E-state index contributed by atoms with van der Waals surface area (Å²) < 4.78 is 0. The highest BCUT2D eigenvalue weighted by atomic mass is 16.6. The number of hydrogen-bond donors (Lipinski definition) is 1. The zero-order valence-electron chi connectivity index (χ0n) is 10.3. The van der Waals surface area contributed by atoms with Crippen LogP contribution in [0.2, 0.25) is 0 Å². The molecule has 1 aromatic heterocycles. The molecular formula is C12H19N3O2. The van der Waals surface area contributed by atoms with E-state index in [0.717, 1.165) is 31.5 Å². The molecule has 0 amide bonds. The second kappa shape index (κ2) is 6.96. The largest absolute Gasteiger partial charge is 0.314 e. The van der Waals surface area contributed by atoms with E-state index in [2.05, 4.69) is 24.1 Å². The average Bonchev–Trinajstić information content (AvgIpc) is 2.35. The first-order chi connectivity index (χ1) is 8.17. The maximum atomic E-state index is 10.5. The number of nitro groups is 1. The van der Waals surface area contributed by atoms with Crippen LogP contribution >= 0.6 is 0 Å². The standard InChI is InChI=1S/C12H19N3O2/c1-3-7-13-10(4-2)8-11-5-6-12(9-14-11)15(16)17/h5-6,9-10,13H,3-4,7-8H2,1-2H3. The molecule has 0 aromatic carbocycles. The zero-order valence-corrected chi connectivity index (χ0v) is 10.3. The predicted molar refractivity (Wildman–Crippen MR) is 67.0 cm³/mol. The van der Waals surface area contributed by atoms with Gasteiger partial charge in [-0.25, -0.2) is 0 Å². The number of nitrogens with one attached hydrogen (secondary N) is 1. The van der Waals surface area contributed by atoms with E-state index in [1.165, 1.54) is 12.3 Å². The highest BCUT2D eigenvalue weighted by molar-refractivity contribution is 5.26. The Morgan fingerprint density at radius 1 is 1.47 bits per heavy atom. The van der Waals surface area contributed by atoms with E-state index in [0.29, 0.717) is 6.04 Å². The number of hydrogen-bond acceptors (Lipinski definition) is 4. The highest BCUT2D eigenvalue weighted by Gasteiger charge is 2.09. The van der Waals surface area contributed by atoms with E-state index in [9.17, 15) is 10.1 Å². The molecule has 0 fully saturated rings. The summed E-state index contributed by atoms with van der Waals surface area (Å²) in [5, 5.41) is 13.9. The van der Waals surface area contributed by atoms with Crippen LogP contribution in [0.5, 0.6) is 0 Å². The van der Waals surface area contributed by atoms with Crippen molar-refractivity contribution in [2.45, 2.75) is 39.2 Å². The van der Waals surface area contributed by atoms with Gasteiger partial charge in [-0.2, -0.15) is 0 Å². The van der Waals surface area contributed by atoms with Crippen LogP contribution < -0.4 is 5.32 Å². The van der Waals surface area contributed by atoms with Crippen LogP contribution in [0.4, 0.5) is 5.69 Å². The van der Waals surface area contributed by atoms with Gasteiger partial charge in [0.25, 0.3) is 5.69 Å². The van der Waals surface area contributed by atoms with Crippen LogP contribution in [0.3, 0.4) is 0 Å². The van der Waals surface area contributed by atoms with Crippen LogP contribution in [0, 0.1) is 10.1 Å². The minimum absolute atomic E-state index is 0.0447. The van der Waals surface area contributed by atoms with E-state index in [4.69, 9.17) is 0 Å². The Morgan fingerprint density at radius 2 is 2.24 bits per heavy atom. The third kappa shape index (κ3) is 4.48. The lowest BCUT2D eigenvalue weighted by atomic mass is 10.1. The number of pyridine rings is 1. The predicted octanol–water partition coefficient (Wildman–Crippen LogP) is 2.31. The van der Waals surface area contributed by atoms with Crippen LogP contribution in [-0.4, -0.2) is 22.5 Å². The van der Waals surface area contributed by atoms with Gasteiger partial charge in [-0.05, 0) is 25.5 Å². The van der Waals surface area contributed by atoms with Gasteiger partial charge in [0.2, 0.25) is 0 Å². The monoisotopic (exact) mass is 237 g/mol. The SMILES string of the molecule is CCCNC(CC)Cc1ccc([N+](=O)[O-])cn1. The Bertz CT molecular complexity index is 351. The smallest absolute Gasteiger partial charge is 0.287 e. The molecule has 0 aliphatic heterocycles. The molecule has 1 atom stereocenters. The van der Waals surface area contributed by atoms with E-state index in [1.54, 1.807) is 6.07 Å². The van der Waals surface area contributed by atoms with Gasteiger partial charge in [0, 0.05) is 24.2 Å². The average molecular weight is 237 g/mol. The summed E-state index contributed by atoms with van der Waals surface area (Å²) in [4.78, 5) is 14.2. The summed E-state index contributed by atoms with van der Waals surface area (Å²) >= 11 is 0. The van der Waals surface area contributed by atoms with Crippen molar-refractivity contribution >= 4 is 5.69 Å². The van der Waals surface area contributed by atoms with E-state index in [-0.39, 0.29) is 5.69 Å². The Balaban J connectivity index is 2.57. The van der Waals surface area contributed by atoms with Gasteiger partial charge in [-0.3, -0.25) is 15.1 Å².